The summed E-state index contributed by atoms with van der Waals surface area (Å²) in [5, 5.41) is 10.3. The highest BCUT2D eigenvalue weighted by atomic mass is 15.1. The maximum atomic E-state index is 4.00. The molecule has 2 N–H and O–H groups in total. The number of aromatic amines is 1. The molecule has 90 valence electrons. The first-order valence-electron chi connectivity index (χ1n) is 5.67. The topological polar surface area (TPSA) is 44.0 Å². The quantitative estimate of drug-likeness (QED) is 0.847. The monoisotopic (exact) mass is 230 g/mol. The van der Waals surface area contributed by atoms with E-state index in [1.807, 2.05) is 27.2 Å². The Hall–Kier alpha value is -1.97. The van der Waals surface area contributed by atoms with Gasteiger partial charge in [-0.2, -0.15) is 5.10 Å². The summed E-state index contributed by atoms with van der Waals surface area (Å²) in [6.07, 6.45) is 1.86. The zero-order chi connectivity index (χ0) is 12.3. The molecule has 0 saturated heterocycles. The molecule has 2 aromatic rings. The molecule has 0 fully saturated rings. The SMILES string of the molecule is Cc1[nH]ncc1CNc1ccc(N(C)C)cc1. The molecule has 0 saturated carbocycles. The molecule has 0 bridgehead atoms. The van der Waals surface area contributed by atoms with Crippen LogP contribution < -0.4 is 10.2 Å². The average molecular weight is 230 g/mol. The number of anilines is 2. The van der Waals surface area contributed by atoms with Crippen molar-refractivity contribution in [1.82, 2.24) is 10.2 Å². The number of nitrogens with one attached hydrogen (secondary N) is 2. The summed E-state index contributed by atoms with van der Waals surface area (Å²) in [6.45, 7) is 2.82. The molecule has 1 aromatic carbocycles. The third-order valence-electron chi connectivity index (χ3n) is 2.80. The number of benzene rings is 1. The van der Waals surface area contributed by atoms with E-state index in [1.165, 1.54) is 11.3 Å². The highest BCUT2D eigenvalue weighted by Crippen LogP contribution is 2.16. The predicted octanol–water partition coefficient (Wildman–Crippen LogP) is 2.40. The molecular formula is C13H18N4. The van der Waals surface area contributed by atoms with Crippen molar-refractivity contribution in [3.63, 3.8) is 0 Å². The van der Waals surface area contributed by atoms with Gasteiger partial charge in [-0.25, -0.2) is 0 Å². The highest BCUT2D eigenvalue weighted by molar-refractivity contribution is 5.54. The van der Waals surface area contributed by atoms with Crippen LogP contribution in [0.15, 0.2) is 30.5 Å². The molecule has 2 rings (SSSR count). The first-order valence-corrected chi connectivity index (χ1v) is 5.67. The van der Waals surface area contributed by atoms with Crippen LogP contribution in [0.4, 0.5) is 11.4 Å². The van der Waals surface area contributed by atoms with Crippen molar-refractivity contribution in [3.05, 3.63) is 41.7 Å². The lowest BCUT2D eigenvalue weighted by molar-refractivity contribution is 1.04. The first kappa shape index (κ1) is 11.5. The van der Waals surface area contributed by atoms with Gasteiger partial charge in [0.2, 0.25) is 0 Å². The summed E-state index contributed by atoms with van der Waals surface area (Å²) in [5.41, 5.74) is 4.63. The van der Waals surface area contributed by atoms with Crippen LogP contribution in [0.25, 0.3) is 0 Å². The summed E-state index contributed by atoms with van der Waals surface area (Å²) in [6, 6.07) is 8.38. The normalized spacial score (nSPS) is 10.3. The maximum absolute atomic E-state index is 4.00. The lowest BCUT2D eigenvalue weighted by Crippen LogP contribution is -2.08. The molecule has 0 spiro atoms. The summed E-state index contributed by atoms with van der Waals surface area (Å²) in [5.74, 6) is 0. The lowest BCUT2D eigenvalue weighted by Gasteiger charge is -2.13. The second kappa shape index (κ2) is 4.91. The molecule has 0 atom stereocenters. The minimum absolute atomic E-state index is 0.795. The largest absolute Gasteiger partial charge is 0.381 e. The number of hydrogen-bond acceptors (Lipinski definition) is 3. The fourth-order valence-electron chi connectivity index (χ4n) is 1.63. The average Bonchev–Trinajstić information content (AvgIpc) is 2.73. The Morgan fingerprint density at radius 1 is 1.24 bits per heavy atom. The minimum Gasteiger partial charge on any atom is -0.381 e. The molecule has 1 heterocycles. The molecular weight excluding hydrogens is 212 g/mol. The number of aryl methyl sites for hydroxylation is 1. The van der Waals surface area contributed by atoms with E-state index >= 15 is 0 Å². The van der Waals surface area contributed by atoms with Gasteiger partial charge in [0, 0.05) is 43.3 Å². The van der Waals surface area contributed by atoms with Gasteiger partial charge in [-0.1, -0.05) is 0 Å². The maximum Gasteiger partial charge on any atom is 0.0539 e. The summed E-state index contributed by atoms with van der Waals surface area (Å²) in [4.78, 5) is 2.09. The van der Waals surface area contributed by atoms with E-state index < -0.39 is 0 Å². The van der Waals surface area contributed by atoms with Gasteiger partial charge in [-0.15, -0.1) is 0 Å². The zero-order valence-corrected chi connectivity index (χ0v) is 10.5. The molecule has 0 aliphatic heterocycles. The van der Waals surface area contributed by atoms with Gasteiger partial charge in [0.25, 0.3) is 0 Å². The van der Waals surface area contributed by atoms with Crippen molar-refractivity contribution < 1.29 is 0 Å². The van der Waals surface area contributed by atoms with Crippen LogP contribution in [-0.4, -0.2) is 24.3 Å². The molecule has 0 radical (unpaired) electrons. The fraction of sp³-hybridized carbons (Fsp3) is 0.308. The Morgan fingerprint density at radius 2 is 1.94 bits per heavy atom. The highest BCUT2D eigenvalue weighted by Gasteiger charge is 2.00. The summed E-state index contributed by atoms with van der Waals surface area (Å²) < 4.78 is 0. The van der Waals surface area contributed by atoms with Crippen LogP contribution in [0, 0.1) is 6.92 Å². The van der Waals surface area contributed by atoms with Gasteiger partial charge < -0.3 is 10.2 Å². The first-order chi connectivity index (χ1) is 8.16. The summed E-state index contributed by atoms with van der Waals surface area (Å²) in [7, 11) is 4.08. The molecule has 4 nitrogen and oxygen atoms in total. The third-order valence-corrected chi connectivity index (χ3v) is 2.80. The number of hydrogen-bond donors (Lipinski definition) is 2. The summed E-state index contributed by atoms with van der Waals surface area (Å²) >= 11 is 0. The second-order valence-corrected chi connectivity index (χ2v) is 4.32. The Labute approximate surface area is 102 Å². The number of H-pyrrole nitrogens is 1. The van der Waals surface area contributed by atoms with Crippen LogP contribution in [-0.2, 0) is 6.54 Å². The molecule has 1 aromatic heterocycles. The van der Waals surface area contributed by atoms with E-state index in [4.69, 9.17) is 0 Å². The Morgan fingerprint density at radius 3 is 2.47 bits per heavy atom. The van der Waals surface area contributed by atoms with E-state index in [0.717, 1.165) is 17.9 Å². The standard InChI is InChI=1S/C13H18N4/c1-10-11(9-15-16-10)8-14-12-4-6-13(7-5-12)17(2)3/h4-7,9,14H,8H2,1-3H3,(H,15,16). The van der Waals surface area contributed by atoms with Crippen molar-refractivity contribution in [1.29, 1.82) is 0 Å². The third kappa shape index (κ3) is 2.78. The Kier molecular flexibility index (Phi) is 3.32. The van der Waals surface area contributed by atoms with Gasteiger partial charge in [0.05, 0.1) is 6.20 Å². The van der Waals surface area contributed by atoms with Crippen LogP contribution in [0.1, 0.15) is 11.3 Å². The van der Waals surface area contributed by atoms with Crippen molar-refractivity contribution in [2.75, 3.05) is 24.3 Å². The van der Waals surface area contributed by atoms with Gasteiger partial charge in [-0.05, 0) is 31.2 Å². The van der Waals surface area contributed by atoms with Gasteiger partial charge in [-0.3, -0.25) is 5.10 Å². The number of nitrogens with zero attached hydrogens (tertiary/aromatic N) is 2. The van der Waals surface area contributed by atoms with E-state index in [9.17, 15) is 0 Å². The molecule has 0 aliphatic rings. The molecule has 0 aliphatic carbocycles. The lowest BCUT2D eigenvalue weighted by atomic mass is 10.2. The van der Waals surface area contributed by atoms with Crippen molar-refractivity contribution in [2.45, 2.75) is 13.5 Å². The van der Waals surface area contributed by atoms with Crippen LogP contribution in [0.5, 0.6) is 0 Å². The van der Waals surface area contributed by atoms with Crippen molar-refractivity contribution in [2.24, 2.45) is 0 Å². The van der Waals surface area contributed by atoms with Crippen molar-refractivity contribution >= 4 is 11.4 Å². The smallest absolute Gasteiger partial charge is 0.0539 e. The fourth-order valence-corrected chi connectivity index (χ4v) is 1.63. The van der Waals surface area contributed by atoms with E-state index in [2.05, 4.69) is 44.7 Å². The van der Waals surface area contributed by atoms with Gasteiger partial charge >= 0.3 is 0 Å². The van der Waals surface area contributed by atoms with Gasteiger partial charge in [0.1, 0.15) is 0 Å². The minimum atomic E-state index is 0.795. The van der Waals surface area contributed by atoms with Crippen molar-refractivity contribution in [3.8, 4) is 0 Å². The van der Waals surface area contributed by atoms with Crippen LogP contribution >= 0.6 is 0 Å². The van der Waals surface area contributed by atoms with E-state index in [-0.39, 0.29) is 0 Å². The molecule has 4 heteroatoms. The Balaban J connectivity index is 1.98. The second-order valence-electron chi connectivity index (χ2n) is 4.32. The number of rotatable bonds is 4. The van der Waals surface area contributed by atoms with Crippen LogP contribution in [0.2, 0.25) is 0 Å². The molecule has 0 unspecified atom stereocenters. The Bertz CT molecular complexity index is 470. The van der Waals surface area contributed by atoms with E-state index in [1.54, 1.807) is 0 Å². The molecule has 17 heavy (non-hydrogen) atoms. The molecule has 0 amide bonds. The van der Waals surface area contributed by atoms with Gasteiger partial charge in [0.15, 0.2) is 0 Å². The van der Waals surface area contributed by atoms with E-state index in [0.29, 0.717) is 0 Å². The number of aromatic nitrogens is 2. The zero-order valence-electron chi connectivity index (χ0n) is 10.5. The van der Waals surface area contributed by atoms with Crippen LogP contribution in [0.3, 0.4) is 0 Å². The predicted molar refractivity (Wildman–Crippen MR) is 71.4 cm³/mol.